The third-order valence-electron chi connectivity index (χ3n) is 5.09. The van der Waals surface area contributed by atoms with E-state index in [0.29, 0.717) is 11.8 Å². The summed E-state index contributed by atoms with van der Waals surface area (Å²) < 4.78 is 0. The number of hydrogen-bond acceptors (Lipinski definition) is 2. The summed E-state index contributed by atoms with van der Waals surface area (Å²) in [7, 11) is 0. The summed E-state index contributed by atoms with van der Waals surface area (Å²) in [6.45, 7) is 12.3. The molecular weight excluding hydrogens is 308 g/mol. The van der Waals surface area contributed by atoms with Gasteiger partial charge in [-0.15, -0.1) is 0 Å². The van der Waals surface area contributed by atoms with Gasteiger partial charge in [0.1, 0.15) is 0 Å². The Labute approximate surface area is 159 Å². The predicted molar refractivity (Wildman–Crippen MR) is 113 cm³/mol. The van der Waals surface area contributed by atoms with E-state index in [1.165, 1.54) is 77.0 Å². The Morgan fingerprint density at radius 1 is 0.520 bits per heavy atom. The minimum Gasteiger partial charge on any atom is -0.393 e. The van der Waals surface area contributed by atoms with E-state index >= 15 is 0 Å². The zero-order valence-corrected chi connectivity index (χ0v) is 18.4. The van der Waals surface area contributed by atoms with Crippen molar-refractivity contribution in [3.05, 3.63) is 0 Å². The molecule has 0 aromatic heterocycles. The lowest BCUT2D eigenvalue weighted by molar-refractivity contribution is 0.113. The Hall–Kier alpha value is -0.0800. The molecule has 2 heteroatoms. The fourth-order valence-corrected chi connectivity index (χ4v) is 2.53. The van der Waals surface area contributed by atoms with Crippen molar-refractivity contribution in [3.8, 4) is 0 Å². The SMILES string of the molecule is CC(C)[C@H](C)O.CCCCCCCCCCCCCC[C@@H](O)C(C)C. The topological polar surface area (TPSA) is 40.5 Å². The van der Waals surface area contributed by atoms with E-state index in [1.807, 2.05) is 13.8 Å². The Morgan fingerprint density at radius 3 is 1.12 bits per heavy atom. The lowest BCUT2D eigenvalue weighted by Crippen LogP contribution is -2.13. The lowest BCUT2D eigenvalue weighted by atomic mass is 10.00. The molecule has 0 fully saturated rings. The average molecular weight is 359 g/mol. The maximum absolute atomic E-state index is 9.69. The molecule has 0 aromatic rings. The summed E-state index contributed by atoms with van der Waals surface area (Å²) in [5.74, 6) is 0.831. The van der Waals surface area contributed by atoms with Gasteiger partial charge in [0.05, 0.1) is 12.2 Å². The highest BCUT2D eigenvalue weighted by molar-refractivity contribution is 4.59. The van der Waals surface area contributed by atoms with Gasteiger partial charge in [-0.05, 0) is 25.2 Å². The molecular formula is C23H50O2. The minimum absolute atomic E-state index is 0.0804. The highest BCUT2D eigenvalue weighted by Gasteiger charge is 2.07. The number of aliphatic hydroxyl groups is 2. The van der Waals surface area contributed by atoms with Crippen LogP contribution in [0.5, 0.6) is 0 Å². The second-order valence-electron chi connectivity index (χ2n) is 8.47. The van der Waals surface area contributed by atoms with Crippen LogP contribution in [0, 0.1) is 11.8 Å². The third kappa shape index (κ3) is 23.9. The largest absolute Gasteiger partial charge is 0.393 e. The van der Waals surface area contributed by atoms with E-state index in [-0.39, 0.29) is 12.2 Å². The summed E-state index contributed by atoms with van der Waals surface area (Å²) in [5.41, 5.74) is 0. The molecule has 0 bridgehead atoms. The van der Waals surface area contributed by atoms with Gasteiger partial charge in [0, 0.05) is 0 Å². The third-order valence-corrected chi connectivity index (χ3v) is 5.09. The molecule has 0 aliphatic heterocycles. The molecule has 2 atom stereocenters. The first kappa shape index (κ1) is 27.1. The molecule has 0 rings (SSSR count). The first-order chi connectivity index (χ1) is 11.8. The van der Waals surface area contributed by atoms with E-state index < -0.39 is 0 Å². The van der Waals surface area contributed by atoms with Crippen LogP contribution in [0.1, 0.15) is 125 Å². The van der Waals surface area contributed by atoms with Crippen molar-refractivity contribution < 1.29 is 10.2 Å². The van der Waals surface area contributed by atoms with Crippen LogP contribution >= 0.6 is 0 Å². The van der Waals surface area contributed by atoms with Crippen LogP contribution in [0.3, 0.4) is 0 Å². The van der Waals surface area contributed by atoms with E-state index in [2.05, 4.69) is 20.8 Å². The molecule has 0 unspecified atom stereocenters. The van der Waals surface area contributed by atoms with Crippen LogP contribution in [0.25, 0.3) is 0 Å². The van der Waals surface area contributed by atoms with Crippen molar-refractivity contribution in [2.24, 2.45) is 11.8 Å². The average Bonchev–Trinajstić information content (AvgIpc) is 2.56. The van der Waals surface area contributed by atoms with Crippen LogP contribution in [0.4, 0.5) is 0 Å². The standard InChI is InChI=1S/C18H38O.C5H12O/c1-4-5-6-7-8-9-10-11-12-13-14-15-16-18(19)17(2)3;1-4(2)5(3)6/h17-19H,4-16H2,1-3H3;4-6H,1-3H3/t18-;5-/m10/s1. The maximum Gasteiger partial charge on any atom is 0.0563 e. The number of aliphatic hydroxyl groups excluding tert-OH is 2. The van der Waals surface area contributed by atoms with Crippen LogP contribution < -0.4 is 0 Å². The van der Waals surface area contributed by atoms with Gasteiger partial charge < -0.3 is 10.2 Å². The normalized spacial score (nSPS) is 13.7. The molecule has 0 amide bonds. The molecule has 0 radical (unpaired) electrons. The predicted octanol–water partition coefficient (Wildman–Crippen LogP) is 7.12. The molecule has 0 saturated heterocycles. The van der Waals surface area contributed by atoms with Crippen molar-refractivity contribution in [1.82, 2.24) is 0 Å². The summed E-state index contributed by atoms with van der Waals surface area (Å²) in [6.07, 6.45) is 17.4. The van der Waals surface area contributed by atoms with Gasteiger partial charge in [0.2, 0.25) is 0 Å². The molecule has 0 spiro atoms. The van der Waals surface area contributed by atoms with Gasteiger partial charge in [-0.25, -0.2) is 0 Å². The summed E-state index contributed by atoms with van der Waals surface area (Å²) in [6, 6.07) is 0. The highest BCUT2D eigenvalue weighted by Crippen LogP contribution is 2.14. The smallest absolute Gasteiger partial charge is 0.0563 e. The van der Waals surface area contributed by atoms with Gasteiger partial charge in [-0.2, -0.15) is 0 Å². The first-order valence-electron chi connectivity index (χ1n) is 11.2. The van der Waals surface area contributed by atoms with E-state index in [9.17, 15) is 5.11 Å². The Kier molecular flexibility index (Phi) is 22.0. The molecule has 0 heterocycles. The van der Waals surface area contributed by atoms with Crippen molar-refractivity contribution in [2.75, 3.05) is 0 Å². The van der Waals surface area contributed by atoms with E-state index in [4.69, 9.17) is 5.11 Å². The fourth-order valence-electron chi connectivity index (χ4n) is 2.53. The molecule has 0 aliphatic rings. The van der Waals surface area contributed by atoms with Crippen molar-refractivity contribution in [1.29, 1.82) is 0 Å². The molecule has 154 valence electrons. The van der Waals surface area contributed by atoms with Gasteiger partial charge in [0.25, 0.3) is 0 Å². The van der Waals surface area contributed by atoms with Crippen LogP contribution in [-0.2, 0) is 0 Å². The summed E-state index contributed by atoms with van der Waals surface area (Å²) in [5, 5.41) is 18.3. The van der Waals surface area contributed by atoms with Gasteiger partial charge in [0.15, 0.2) is 0 Å². The molecule has 0 saturated carbocycles. The monoisotopic (exact) mass is 358 g/mol. The van der Waals surface area contributed by atoms with Crippen LogP contribution in [0.2, 0.25) is 0 Å². The van der Waals surface area contributed by atoms with Crippen LogP contribution in [-0.4, -0.2) is 22.4 Å². The first-order valence-corrected chi connectivity index (χ1v) is 11.2. The second-order valence-corrected chi connectivity index (χ2v) is 8.47. The van der Waals surface area contributed by atoms with E-state index in [1.54, 1.807) is 6.92 Å². The van der Waals surface area contributed by atoms with Crippen LogP contribution in [0.15, 0.2) is 0 Å². The Balaban J connectivity index is 0. The van der Waals surface area contributed by atoms with Crippen molar-refractivity contribution >= 4 is 0 Å². The molecule has 2 N–H and O–H groups in total. The lowest BCUT2D eigenvalue weighted by Gasteiger charge is -2.13. The van der Waals surface area contributed by atoms with E-state index in [0.717, 1.165) is 6.42 Å². The maximum atomic E-state index is 9.69. The molecule has 0 aliphatic carbocycles. The highest BCUT2D eigenvalue weighted by atomic mass is 16.3. The summed E-state index contributed by atoms with van der Waals surface area (Å²) >= 11 is 0. The fraction of sp³-hybridized carbons (Fsp3) is 1.00. The minimum atomic E-state index is -0.148. The number of hydrogen-bond donors (Lipinski definition) is 2. The number of rotatable bonds is 15. The second kappa shape index (κ2) is 20.2. The Bertz CT molecular complexity index is 230. The molecule has 2 nitrogen and oxygen atoms in total. The van der Waals surface area contributed by atoms with Gasteiger partial charge in [-0.1, -0.05) is 112 Å². The summed E-state index contributed by atoms with van der Waals surface area (Å²) in [4.78, 5) is 0. The molecule has 25 heavy (non-hydrogen) atoms. The quantitative estimate of drug-likeness (QED) is 0.306. The van der Waals surface area contributed by atoms with Gasteiger partial charge in [-0.3, -0.25) is 0 Å². The van der Waals surface area contributed by atoms with Crippen molar-refractivity contribution in [2.45, 2.75) is 137 Å². The molecule has 0 aromatic carbocycles. The zero-order valence-electron chi connectivity index (χ0n) is 18.4. The van der Waals surface area contributed by atoms with Crippen molar-refractivity contribution in [3.63, 3.8) is 0 Å². The number of unbranched alkanes of at least 4 members (excludes halogenated alkanes) is 11. The van der Waals surface area contributed by atoms with Gasteiger partial charge >= 0.3 is 0 Å². The zero-order chi connectivity index (χ0) is 19.5. The Morgan fingerprint density at radius 2 is 0.840 bits per heavy atom.